The summed E-state index contributed by atoms with van der Waals surface area (Å²) < 4.78 is 2.33. The highest BCUT2D eigenvalue weighted by atomic mass is 15.1. The van der Waals surface area contributed by atoms with E-state index in [0.717, 1.165) is 18.4 Å². The summed E-state index contributed by atoms with van der Waals surface area (Å²) in [5.74, 6) is 2.96. The van der Waals surface area contributed by atoms with Crippen LogP contribution in [-0.2, 0) is 6.54 Å². The van der Waals surface area contributed by atoms with Gasteiger partial charge in [-0.05, 0) is 38.1 Å². The van der Waals surface area contributed by atoms with E-state index in [1.807, 2.05) is 6.20 Å². The van der Waals surface area contributed by atoms with Gasteiger partial charge in [-0.2, -0.15) is 0 Å². The molecule has 1 atom stereocenters. The van der Waals surface area contributed by atoms with E-state index in [1.165, 1.54) is 44.3 Å². The number of hydrogen-bond acceptors (Lipinski definition) is 2. The van der Waals surface area contributed by atoms with Crippen molar-refractivity contribution < 1.29 is 0 Å². The van der Waals surface area contributed by atoms with Crippen LogP contribution in [0.15, 0.2) is 12.4 Å². The van der Waals surface area contributed by atoms with E-state index >= 15 is 0 Å². The summed E-state index contributed by atoms with van der Waals surface area (Å²) in [6.45, 7) is 5.64. The van der Waals surface area contributed by atoms with Crippen molar-refractivity contribution in [3.05, 3.63) is 18.2 Å². The minimum absolute atomic E-state index is 0.430. The number of rotatable bonds is 6. The largest absolute Gasteiger partial charge is 0.334 e. The maximum atomic E-state index is 4.62. The average molecular weight is 263 g/mol. The predicted molar refractivity (Wildman–Crippen MR) is 80.1 cm³/mol. The summed E-state index contributed by atoms with van der Waals surface area (Å²) in [5.41, 5.74) is 0. The van der Waals surface area contributed by atoms with Gasteiger partial charge in [0.1, 0.15) is 5.82 Å². The molecular formula is C16H29N3. The Hall–Kier alpha value is -0.830. The summed E-state index contributed by atoms with van der Waals surface area (Å²) in [6.07, 6.45) is 12.1. The standard InChI is InChI=1S/C16H29N3/c1-4-11-19-12-10-18-16(19)15(17-3)14-8-6-13(5-2)7-9-14/h10,12-15,17H,4-9,11H2,1-3H3. The first-order chi connectivity index (χ1) is 9.30. The Morgan fingerprint density at radius 3 is 2.63 bits per heavy atom. The van der Waals surface area contributed by atoms with Gasteiger partial charge >= 0.3 is 0 Å². The van der Waals surface area contributed by atoms with E-state index < -0.39 is 0 Å². The molecule has 0 aliphatic heterocycles. The molecule has 0 saturated heterocycles. The lowest BCUT2D eigenvalue weighted by Crippen LogP contribution is -2.31. The zero-order valence-corrected chi connectivity index (χ0v) is 12.7. The zero-order chi connectivity index (χ0) is 13.7. The van der Waals surface area contributed by atoms with Crippen LogP contribution < -0.4 is 5.32 Å². The molecule has 0 spiro atoms. The first-order valence-electron chi connectivity index (χ1n) is 7.98. The Kier molecular flexibility index (Phi) is 5.44. The minimum atomic E-state index is 0.430. The fourth-order valence-corrected chi connectivity index (χ4v) is 3.54. The third-order valence-electron chi connectivity index (χ3n) is 4.74. The third kappa shape index (κ3) is 3.38. The summed E-state index contributed by atoms with van der Waals surface area (Å²) in [6, 6.07) is 0.430. The van der Waals surface area contributed by atoms with Gasteiger partial charge in [-0.25, -0.2) is 4.98 Å². The number of hydrogen-bond donors (Lipinski definition) is 1. The lowest BCUT2D eigenvalue weighted by Gasteiger charge is -2.33. The third-order valence-corrected chi connectivity index (χ3v) is 4.74. The van der Waals surface area contributed by atoms with Crippen LogP contribution in [0.1, 0.15) is 64.2 Å². The van der Waals surface area contributed by atoms with Crippen molar-refractivity contribution in [1.29, 1.82) is 0 Å². The highest BCUT2D eigenvalue weighted by Crippen LogP contribution is 2.37. The molecule has 2 rings (SSSR count). The van der Waals surface area contributed by atoms with E-state index in [4.69, 9.17) is 0 Å². The summed E-state index contributed by atoms with van der Waals surface area (Å²) in [7, 11) is 2.08. The van der Waals surface area contributed by atoms with Crippen molar-refractivity contribution in [2.45, 2.75) is 65.0 Å². The van der Waals surface area contributed by atoms with E-state index in [0.29, 0.717) is 6.04 Å². The SMILES string of the molecule is CCCn1ccnc1C(NC)C1CCC(CC)CC1. The van der Waals surface area contributed by atoms with Gasteiger partial charge in [-0.15, -0.1) is 0 Å². The molecule has 1 aliphatic carbocycles. The van der Waals surface area contributed by atoms with Gasteiger partial charge in [0.2, 0.25) is 0 Å². The molecule has 1 heterocycles. The molecule has 3 heteroatoms. The lowest BCUT2D eigenvalue weighted by molar-refractivity contribution is 0.216. The molecule has 1 unspecified atom stereocenters. The topological polar surface area (TPSA) is 29.9 Å². The molecule has 0 aromatic carbocycles. The Morgan fingerprint density at radius 2 is 2.05 bits per heavy atom. The molecule has 1 fully saturated rings. The normalized spacial score (nSPS) is 25.4. The average Bonchev–Trinajstić information content (AvgIpc) is 2.89. The van der Waals surface area contributed by atoms with Gasteiger partial charge in [0.25, 0.3) is 0 Å². The number of nitrogens with one attached hydrogen (secondary N) is 1. The van der Waals surface area contributed by atoms with Crippen molar-refractivity contribution >= 4 is 0 Å². The van der Waals surface area contributed by atoms with Gasteiger partial charge < -0.3 is 9.88 Å². The maximum Gasteiger partial charge on any atom is 0.126 e. The number of aromatic nitrogens is 2. The monoisotopic (exact) mass is 263 g/mol. The fraction of sp³-hybridized carbons (Fsp3) is 0.812. The molecule has 0 radical (unpaired) electrons. The van der Waals surface area contributed by atoms with Crippen LogP contribution in [0, 0.1) is 11.8 Å². The van der Waals surface area contributed by atoms with Gasteiger partial charge in [0.05, 0.1) is 6.04 Å². The molecule has 108 valence electrons. The summed E-state index contributed by atoms with van der Waals surface area (Å²) >= 11 is 0. The van der Waals surface area contributed by atoms with Gasteiger partial charge in [0, 0.05) is 18.9 Å². The van der Waals surface area contributed by atoms with Crippen LogP contribution in [0.3, 0.4) is 0 Å². The molecule has 3 nitrogen and oxygen atoms in total. The van der Waals surface area contributed by atoms with Crippen LogP contribution in [0.4, 0.5) is 0 Å². The maximum absolute atomic E-state index is 4.62. The number of aryl methyl sites for hydroxylation is 1. The second kappa shape index (κ2) is 7.09. The highest BCUT2D eigenvalue weighted by molar-refractivity contribution is 5.02. The minimum Gasteiger partial charge on any atom is -0.334 e. The molecule has 1 aromatic heterocycles. The molecule has 0 bridgehead atoms. The molecule has 19 heavy (non-hydrogen) atoms. The van der Waals surface area contributed by atoms with E-state index in [1.54, 1.807) is 0 Å². The predicted octanol–water partition coefficient (Wildman–Crippen LogP) is 3.77. The quantitative estimate of drug-likeness (QED) is 0.846. The fourth-order valence-electron chi connectivity index (χ4n) is 3.54. The van der Waals surface area contributed by atoms with Crippen molar-refractivity contribution in [2.75, 3.05) is 7.05 Å². The second-order valence-electron chi connectivity index (χ2n) is 5.93. The molecule has 1 aromatic rings. The molecule has 1 saturated carbocycles. The molecule has 0 amide bonds. The highest BCUT2D eigenvalue weighted by Gasteiger charge is 2.29. The van der Waals surface area contributed by atoms with Crippen LogP contribution in [-0.4, -0.2) is 16.6 Å². The smallest absolute Gasteiger partial charge is 0.126 e. The first-order valence-corrected chi connectivity index (χ1v) is 7.98. The Morgan fingerprint density at radius 1 is 1.32 bits per heavy atom. The molecule has 1 N–H and O–H groups in total. The second-order valence-corrected chi connectivity index (χ2v) is 5.93. The van der Waals surface area contributed by atoms with Crippen LogP contribution >= 0.6 is 0 Å². The number of nitrogens with zero attached hydrogens (tertiary/aromatic N) is 2. The summed E-state index contributed by atoms with van der Waals surface area (Å²) in [5, 5.41) is 3.52. The molecule has 1 aliphatic rings. The van der Waals surface area contributed by atoms with E-state index in [9.17, 15) is 0 Å². The molecular weight excluding hydrogens is 234 g/mol. The van der Waals surface area contributed by atoms with Crippen LogP contribution in [0.25, 0.3) is 0 Å². The zero-order valence-electron chi connectivity index (χ0n) is 12.7. The van der Waals surface area contributed by atoms with Gasteiger partial charge in [-0.1, -0.05) is 33.1 Å². The van der Waals surface area contributed by atoms with Crippen LogP contribution in [0.5, 0.6) is 0 Å². The Balaban J connectivity index is 2.05. The van der Waals surface area contributed by atoms with Crippen molar-refractivity contribution in [1.82, 2.24) is 14.9 Å². The van der Waals surface area contributed by atoms with E-state index in [2.05, 4.69) is 42.0 Å². The van der Waals surface area contributed by atoms with Gasteiger partial charge in [0.15, 0.2) is 0 Å². The van der Waals surface area contributed by atoms with Crippen molar-refractivity contribution in [3.63, 3.8) is 0 Å². The lowest BCUT2D eigenvalue weighted by atomic mass is 9.77. The van der Waals surface area contributed by atoms with Crippen molar-refractivity contribution in [2.24, 2.45) is 11.8 Å². The Bertz CT molecular complexity index is 364. The Labute approximate surface area is 117 Å². The van der Waals surface area contributed by atoms with E-state index in [-0.39, 0.29) is 0 Å². The van der Waals surface area contributed by atoms with Gasteiger partial charge in [-0.3, -0.25) is 0 Å². The van der Waals surface area contributed by atoms with Crippen molar-refractivity contribution in [3.8, 4) is 0 Å². The number of imidazole rings is 1. The first kappa shape index (κ1) is 14.6. The van der Waals surface area contributed by atoms with Crippen LogP contribution in [0.2, 0.25) is 0 Å². The summed E-state index contributed by atoms with van der Waals surface area (Å²) in [4.78, 5) is 4.62.